The second kappa shape index (κ2) is 6.01. The fraction of sp³-hybridized carbons (Fsp3) is 0.385. The number of thioether (sulfide) groups is 1. The van der Waals surface area contributed by atoms with E-state index in [1.165, 1.54) is 11.8 Å². The third-order valence-electron chi connectivity index (χ3n) is 3.03. The Labute approximate surface area is 124 Å². The molecule has 1 aliphatic rings. The Kier molecular flexibility index (Phi) is 4.55. The first-order valence-corrected chi connectivity index (χ1v) is 7.36. The monoisotopic (exact) mass is 317 g/mol. The van der Waals surface area contributed by atoms with Crippen molar-refractivity contribution in [1.29, 1.82) is 0 Å². The highest BCUT2D eigenvalue weighted by molar-refractivity contribution is 8.13. The van der Waals surface area contributed by atoms with Crippen molar-refractivity contribution in [3.63, 3.8) is 0 Å². The first-order valence-electron chi connectivity index (χ1n) is 6.00. The van der Waals surface area contributed by atoms with Crippen LogP contribution in [-0.4, -0.2) is 28.4 Å². The molecule has 108 valence electrons. The van der Waals surface area contributed by atoms with Crippen LogP contribution in [0.5, 0.6) is 5.75 Å². The van der Waals surface area contributed by atoms with Gasteiger partial charge < -0.3 is 10.0 Å². The number of halogens is 2. The van der Waals surface area contributed by atoms with Crippen LogP contribution < -0.4 is 4.90 Å². The molecule has 0 bridgehead atoms. The van der Waals surface area contributed by atoms with Crippen molar-refractivity contribution in [2.24, 2.45) is 5.92 Å². The summed E-state index contributed by atoms with van der Waals surface area (Å²) in [5.41, 5.74) is 0.0206. The van der Waals surface area contributed by atoms with Crippen LogP contribution in [0.1, 0.15) is 13.3 Å². The van der Waals surface area contributed by atoms with Gasteiger partial charge in [0.2, 0.25) is 5.91 Å². The van der Waals surface area contributed by atoms with Crippen molar-refractivity contribution in [3.05, 3.63) is 23.0 Å². The smallest absolute Gasteiger partial charge is 0.227 e. The van der Waals surface area contributed by atoms with E-state index in [9.17, 15) is 19.1 Å². The Morgan fingerprint density at radius 3 is 2.95 bits per heavy atom. The van der Waals surface area contributed by atoms with Crippen molar-refractivity contribution < 1.29 is 19.1 Å². The SMILES string of the molecule is CC(=O)SCC1CC(=O)N(c2cc(O)c(Cl)cc2F)C1. The number of carbonyl (C=O) groups is 2. The van der Waals surface area contributed by atoms with Crippen LogP contribution >= 0.6 is 23.4 Å². The molecule has 0 radical (unpaired) electrons. The van der Waals surface area contributed by atoms with E-state index in [-0.39, 0.29) is 39.8 Å². The van der Waals surface area contributed by atoms with Crippen LogP contribution in [0.25, 0.3) is 0 Å². The summed E-state index contributed by atoms with van der Waals surface area (Å²) in [6.07, 6.45) is 0.267. The second-order valence-corrected chi connectivity index (χ2v) is 6.24. The van der Waals surface area contributed by atoms with Crippen LogP contribution in [0, 0.1) is 11.7 Å². The van der Waals surface area contributed by atoms with E-state index in [0.717, 1.165) is 23.9 Å². The summed E-state index contributed by atoms with van der Waals surface area (Å²) in [6.45, 7) is 1.80. The molecule has 20 heavy (non-hydrogen) atoms. The van der Waals surface area contributed by atoms with Crippen LogP contribution in [-0.2, 0) is 9.59 Å². The largest absolute Gasteiger partial charge is 0.506 e. The maximum Gasteiger partial charge on any atom is 0.227 e. The topological polar surface area (TPSA) is 57.6 Å². The molecule has 0 aromatic heterocycles. The normalized spacial score (nSPS) is 18.6. The maximum absolute atomic E-state index is 13.8. The minimum atomic E-state index is -0.652. The Morgan fingerprint density at radius 2 is 2.30 bits per heavy atom. The molecule has 1 amide bonds. The highest BCUT2D eigenvalue weighted by Crippen LogP contribution is 2.35. The number of phenolic OH excluding ortho intramolecular Hbond substituents is 1. The van der Waals surface area contributed by atoms with Crippen molar-refractivity contribution in [2.75, 3.05) is 17.2 Å². The molecule has 4 nitrogen and oxygen atoms in total. The molecule has 1 aromatic carbocycles. The predicted octanol–water partition coefficient (Wildman–Crippen LogP) is 2.82. The maximum atomic E-state index is 13.8. The van der Waals surface area contributed by atoms with Crippen molar-refractivity contribution in [1.82, 2.24) is 0 Å². The lowest BCUT2D eigenvalue weighted by molar-refractivity contribution is -0.117. The quantitative estimate of drug-likeness (QED) is 0.931. The third-order valence-corrected chi connectivity index (χ3v) is 4.38. The van der Waals surface area contributed by atoms with Crippen LogP contribution in [0.4, 0.5) is 10.1 Å². The number of hydrogen-bond donors (Lipinski definition) is 1. The van der Waals surface area contributed by atoms with Crippen molar-refractivity contribution in [2.45, 2.75) is 13.3 Å². The van der Waals surface area contributed by atoms with E-state index >= 15 is 0 Å². The van der Waals surface area contributed by atoms with Gasteiger partial charge in [0.25, 0.3) is 0 Å². The molecular weight excluding hydrogens is 305 g/mol. The standard InChI is InChI=1S/C13H13ClFNO3S/c1-7(17)20-6-8-2-13(19)16(5-8)11-4-12(18)9(14)3-10(11)15/h3-4,8,18H,2,5-6H2,1H3. The molecule has 1 aromatic rings. The van der Waals surface area contributed by atoms with Gasteiger partial charge in [-0.1, -0.05) is 23.4 Å². The molecular formula is C13H13ClFNO3S. The van der Waals surface area contributed by atoms with E-state index < -0.39 is 5.82 Å². The Bertz CT molecular complexity index is 567. The van der Waals surface area contributed by atoms with Gasteiger partial charge in [-0.3, -0.25) is 9.59 Å². The van der Waals surface area contributed by atoms with Gasteiger partial charge in [0.1, 0.15) is 11.6 Å². The zero-order chi connectivity index (χ0) is 14.9. The number of phenols is 1. The molecule has 1 aliphatic heterocycles. The first-order chi connectivity index (χ1) is 9.38. The molecule has 1 atom stereocenters. The number of carbonyl (C=O) groups excluding carboxylic acids is 2. The van der Waals surface area contributed by atoms with Crippen LogP contribution in [0.3, 0.4) is 0 Å². The van der Waals surface area contributed by atoms with Crippen LogP contribution in [0.2, 0.25) is 5.02 Å². The lowest BCUT2D eigenvalue weighted by Crippen LogP contribution is -2.25. The highest BCUT2D eigenvalue weighted by Gasteiger charge is 2.32. The van der Waals surface area contributed by atoms with E-state index in [2.05, 4.69) is 0 Å². The number of nitrogens with zero attached hydrogens (tertiary/aromatic N) is 1. The van der Waals surface area contributed by atoms with Crippen LogP contribution in [0.15, 0.2) is 12.1 Å². The summed E-state index contributed by atoms with van der Waals surface area (Å²) in [5, 5.41) is 9.42. The highest BCUT2D eigenvalue weighted by atomic mass is 35.5. The molecule has 1 N–H and O–H groups in total. The van der Waals surface area contributed by atoms with Crippen molar-refractivity contribution in [3.8, 4) is 5.75 Å². The zero-order valence-corrected chi connectivity index (χ0v) is 12.3. The average molecular weight is 318 g/mol. The number of rotatable bonds is 3. The van der Waals surface area contributed by atoms with Gasteiger partial charge in [-0.05, 0) is 12.0 Å². The second-order valence-electron chi connectivity index (χ2n) is 4.63. The summed E-state index contributed by atoms with van der Waals surface area (Å²) in [5.74, 6) is -0.620. The molecule has 2 rings (SSSR count). The average Bonchev–Trinajstić information content (AvgIpc) is 2.72. The summed E-state index contributed by atoms with van der Waals surface area (Å²) in [6, 6.07) is 2.13. The number of aromatic hydroxyl groups is 1. The summed E-state index contributed by atoms with van der Waals surface area (Å²) in [7, 11) is 0. The number of anilines is 1. The summed E-state index contributed by atoms with van der Waals surface area (Å²) >= 11 is 6.76. The molecule has 1 unspecified atom stereocenters. The van der Waals surface area contributed by atoms with Gasteiger partial charge in [0.05, 0.1) is 10.7 Å². The van der Waals surface area contributed by atoms with Gasteiger partial charge in [-0.15, -0.1) is 0 Å². The minimum absolute atomic E-state index is 0.00591. The predicted molar refractivity (Wildman–Crippen MR) is 76.7 cm³/mol. The van der Waals surface area contributed by atoms with E-state index in [0.29, 0.717) is 12.3 Å². The fourth-order valence-corrected chi connectivity index (χ4v) is 2.94. The van der Waals surface area contributed by atoms with Crippen molar-refractivity contribution >= 4 is 40.1 Å². The molecule has 1 heterocycles. The van der Waals surface area contributed by atoms with Gasteiger partial charge in [0, 0.05) is 31.7 Å². The van der Waals surface area contributed by atoms with Gasteiger partial charge in [-0.25, -0.2) is 4.39 Å². The summed E-state index contributed by atoms with van der Waals surface area (Å²) in [4.78, 5) is 24.1. The van der Waals surface area contributed by atoms with E-state index in [1.807, 2.05) is 0 Å². The molecule has 0 spiro atoms. The number of hydrogen-bond acceptors (Lipinski definition) is 4. The van der Waals surface area contributed by atoms with E-state index in [1.54, 1.807) is 0 Å². The minimum Gasteiger partial charge on any atom is -0.506 e. The number of benzene rings is 1. The molecule has 1 fully saturated rings. The Morgan fingerprint density at radius 1 is 1.60 bits per heavy atom. The molecule has 7 heteroatoms. The molecule has 1 saturated heterocycles. The van der Waals surface area contributed by atoms with Gasteiger partial charge in [-0.2, -0.15) is 0 Å². The first kappa shape index (κ1) is 15.1. The molecule has 0 saturated carbocycles. The zero-order valence-electron chi connectivity index (χ0n) is 10.7. The lowest BCUT2D eigenvalue weighted by atomic mass is 10.1. The Hall–Kier alpha value is -1.27. The Balaban J connectivity index is 2.16. The lowest BCUT2D eigenvalue weighted by Gasteiger charge is -2.18. The summed E-state index contributed by atoms with van der Waals surface area (Å²) < 4.78 is 13.8. The van der Waals surface area contributed by atoms with E-state index in [4.69, 9.17) is 11.6 Å². The van der Waals surface area contributed by atoms with Gasteiger partial charge in [0.15, 0.2) is 5.12 Å². The number of amides is 1. The fourth-order valence-electron chi connectivity index (χ4n) is 2.09. The molecule has 0 aliphatic carbocycles. The third kappa shape index (κ3) is 3.24. The van der Waals surface area contributed by atoms with Gasteiger partial charge >= 0.3 is 0 Å².